The zero-order chi connectivity index (χ0) is 14.8. The highest BCUT2D eigenvalue weighted by Gasteiger charge is 2.06. The minimum absolute atomic E-state index is 0.429. The fourth-order valence-electron chi connectivity index (χ4n) is 1.93. The van der Waals surface area contributed by atoms with E-state index in [1.165, 1.54) is 19.3 Å². The molecule has 2 N–H and O–H groups in total. The van der Waals surface area contributed by atoms with Gasteiger partial charge in [-0.05, 0) is 20.3 Å². The molecular formula is C14H27N5O. The van der Waals surface area contributed by atoms with Crippen molar-refractivity contribution in [2.45, 2.75) is 58.9 Å². The summed E-state index contributed by atoms with van der Waals surface area (Å²) in [6.07, 6.45) is 5.66. The molecule has 0 aliphatic rings. The van der Waals surface area contributed by atoms with Crippen molar-refractivity contribution in [1.29, 1.82) is 0 Å². The Hall–Kier alpha value is -1.59. The summed E-state index contributed by atoms with van der Waals surface area (Å²) >= 11 is 0. The first-order valence-electron chi connectivity index (χ1n) is 7.42. The number of unbranched alkanes of at least 4 members (excludes halogenated alkanes) is 2. The molecule has 1 rings (SSSR count). The summed E-state index contributed by atoms with van der Waals surface area (Å²) in [7, 11) is 1.78. The summed E-state index contributed by atoms with van der Waals surface area (Å²) < 4.78 is 5.06. The summed E-state index contributed by atoms with van der Waals surface area (Å²) in [4.78, 5) is 8.39. The van der Waals surface area contributed by atoms with Gasteiger partial charge in [-0.3, -0.25) is 4.99 Å². The van der Waals surface area contributed by atoms with E-state index in [0.29, 0.717) is 24.2 Å². The van der Waals surface area contributed by atoms with Gasteiger partial charge in [0.15, 0.2) is 11.8 Å². The van der Waals surface area contributed by atoms with Crippen molar-refractivity contribution >= 4 is 5.96 Å². The molecule has 0 saturated carbocycles. The third-order valence-electron chi connectivity index (χ3n) is 3.05. The monoisotopic (exact) mass is 281 g/mol. The smallest absolute Gasteiger partial charge is 0.228 e. The summed E-state index contributed by atoms with van der Waals surface area (Å²) in [6, 6.07) is 0.429. The number of nitrogens with one attached hydrogen (secondary N) is 2. The van der Waals surface area contributed by atoms with Gasteiger partial charge in [0.2, 0.25) is 5.89 Å². The molecule has 1 aromatic rings. The lowest BCUT2D eigenvalue weighted by Crippen LogP contribution is -2.42. The van der Waals surface area contributed by atoms with Crippen molar-refractivity contribution < 1.29 is 4.52 Å². The number of hydrogen-bond acceptors (Lipinski definition) is 4. The van der Waals surface area contributed by atoms with Gasteiger partial charge in [-0.1, -0.05) is 31.3 Å². The Bertz CT molecular complexity index is 402. The number of rotatable bonds is 8. The maximum absolute atomic E-state index is 5.06. The van der Waals surface area contributed by atoms with E-state index in [4.69, 9.17) is 4.52 Å². The number of guanidine groups is 1. The van der Waals surface area contributed by atoms with Crippen molar-refractivity contribution in [2.24, 2.45) is 4.99 Å². The normalized spacial score (nSPS) is 13.3. The van der Waals surface area contributed by atoms with Crippen LogP contribution in [0.2, 0.25) is 0 Å². The molecule has 0 aliphatic heterocycles. The first-order valence-corrected chi connectivity index (χ1v) is 7.42. The van der Waals surface area contributed by atoms with Crippen LogP contribution in [0.15, 0.2) is 9.52 Å². The Morgan fingerprint density at radius 2 is 2.20 bits per heavy atom. The number of nitrogens with zero attached hydrogens (tertiary/aromatic N) is 3. The van der Waals surface area contributed by atoms with Gasteiger partial charge in [-0.15, -0.1) is 0 Å². The molecule has 0 spiro atoms. The third-order valence-corrected chi connectivity index (χ3v) is 3.05. The van der Waals surface area contributed by atoms with Crippen LogP contribution in [0.5, 0.6) is 0 Å². The Kier molecular flexibility index (Phi) is 7.69. The first-order chi connectivity index (χ1) is 9.65. The average molecular weight is 281 g/mol. The Morgan fingerprint density at radius 3 is 2.80 bits per heavy atom. The molecule has 114 valence electrons. The first kappa shape index (κ1) is 16.5. The Labute approximate surface area is 121 Å². The van der Waals surface area contributed by atoms with Gasteiger partial charge < -0.3 is 15.2 Å². The average Bonchev–Trinajstić information content (AvgIpc) is 2.83. The molecular weight excluding hydrogens is 254 g/mol. The molecule has 0 radical (unpaired) electrons. The van der Waals surface area contributed by atoms with Gasteiger partial charge in [0.25, 0.3) is 0 Å². The standard InChI is InChI=1S/C14H27N5O/c1-5-6-7-8-11(2)17-14(15-4)16-10-9-13-18-12(3)19-20-13/h11H,5-10H2,1-4H3,(H2,15,16,17). The molecule has 0 aliphatic carbocycles. The van der Waals surface area contributed by atoms with E-state index in [-0.39, 0.29) is 0 Å². The Morgan fingerprint density at radius 1 is 1.40 bits per heavy atom. The zero-order valence-corrected chi connectivity index (χ0v) is 13.1. The molecule has 0 fully saturated rings. The van der Waals surface area contributed by atoms with Gasteiger partial charge in [0.1, 0.15) is 0 Å². The second-order valence-corrected chi connectivity index (χ2v) is 5.03. The predicted octanol–water partition coefficient (Wildman–Crippen LogP) is 2.05. The minimum Gasteiger partial charge on any atom is -0.356 e. The maximum atomic E-state index is 5.06. The van der Waals surface area contributed by atoms with Crippen LogP contribution in [-0.4, -0.2) is 35.7 Å². The molecule has 20 heavy (non-hydrogen) atoms. The van der Waals surface area contributed by atoms with E-state index in [1.807, 2.05) is 6.92 Å². The molecule has 0 amide bonds. The highest BCUT2D eigenvalue weighted by molar-refractivity contribution is 5.79. The summed E-state index contributed by atoms with van der Waals surface area (Å²) in [5, 5.41) is 10.4. The van der Waals surface area contributed by atoms with Gasteiger partial charge in [-0.2, -0.15) is 4.98 Å². The second-order valence-electron chi connectivity index (χ2n) is 5.03. The number of aromatic nitrogens is 2. The van der Waals surface area contributed by atoms with Gasteiger partial charge >= 0.3 is 0 Å². The predicted molar refractivity (Wildman–Crippen MR) is 80.8 cm³/mol. The fourth-order valence-corrected chi connectivity index (χ4v) is 1.93. The number of aliphatic imine (C=N–C) groups is 1. The fraction of sp³-hybridized carbons (Fsp3) is 0.786. The molecule has 1 heterocycles. The topological polar surface area (TPSA) is 75.3 Å². The largest absolute Gasteiger partial charge is 0.356 e. The number of aryl methyl sites for hydroxylation is 1. The lowest BCUT2D eigenvalue weighted by molar-refractivity contribution is 0.374. The van der Waals surface area contributed by atoms with E-state index >= 15 is 0 Å². The van der Waals surface area contributed by atoms with Crippen molar-refractivity contribution in [1.82, 2.24) is 20.8 Å². The van der Waals surface area contributed by atoms with Gasteiger partial charge in [0.05, 0.1) is 0 Å². The van der Waals surface area contributed by atoms with Crippen molar-refractivity contribution in [3.05, 3.63) is 11.7 Å². The van der Waals surface area contributed by atoms with E-state index in [2.05, 4.69) is 39.6 Å². The van der Waals surface area contributed by atoms with E-state index in [0.717, 1.165) is 18.9 Å². The van der Waals surface area contributed by atoms with Crippen LogP contribution in [0.25, 0.3) is 0 Å². The molecule has 0 saturated heterocycles. The molecule has 1 atom stereocenters. The zero-order valence-electron chi connectivity index (χ0n) is 13.1. The lowest BCUT2D eigenvalue weighted by atomic mass is 10.1. The van der Waals surface area contributed by atoms with Crippen LogP contribution in [-0.2, 0) is 6.42 Å². The van der Waals surface area contributed by atoms with E-state index in [9.17, 15) is 0 Å². The summed E-state index contributed by atoms with van der Waals surface area (Å²) in [6.45, 7) is 6.95. The maximum Gasteiger partial charge on any atom is 0.228 e. The highest BCUT2D eigenvalue weighted by atomic mass is 16.5. The van der Waals surface area contributed by atoms with Gasteiger partial charge in [0, 0.05) is 26.1 Å². The van der Waals surface area contributed by atoms with E-state index < -0.39 is 0 Å². The second kappa shape index (κ2) is 9.34. The van der Waals surface area contributed by atoms with Crippen LogP contribution in [0.1, 0.15) is 51.2 Å². The summed E-state index contributed by atoms with van der Waals surface area (Å²) in [5.41, 5.74) is 0. The quantitative estimate of drug-likeness (QED) is 0.433. The van der Waals surface area contributed by atoms with Crippen molar-refractivity contribution in [3.8, 4) is 0 Å². The molecule has 1 unspecified atom stereocenters. The SMILES string of the molecule is CCCCCC(C)NC(=NC)NCCc1nc(C)no1. The van der Waals surface area contributed by atoms with Crippen LogP contribution in [0.4, 0.5) is 0 Å². The van der Waals surface area contributed by atoms with Crippen LogP contribution in [0.3, 0.4) is 0 Å². The Balaban J connectivity index is 2.22. The van der Waals surface area contributed by atoms with Crippen LogP contribution in [0, 0.1) is 6.92 Å². The third kappa shape index (κ3) is 6.54. The molecule has 0 bridgehead atoms. The van der Waals surface area contributed by atoms with Crippen molar-refractivity contribution in [3.63, 3.8) is 0 Å². The van der Waals surface area contributed by atoms with Gasteiger partial charge in [-0.25, -0.2) is 0 Å². The molecule has 0 aromatic carbocycles. The minimum atomic E-state index is 0.429. The van der Waals surface area contributed by atoms with Crippen LogP contribution < -0.4 is 10.6 Å². The summed E-state index contributed by atoms with van der Waals surface area (Å²) in [5.74, 6) is 2.15. The van der Waals surface area contributed by atoms with Crippen LogP contribution >= 0.6 is 0 Å². The lowest BCUT2D eigenvalue weighted by Gasteiger charge is -2.17. The van der Waals surface area contributed by atoms with E-state index in [1.54, 1.807) is 7.05 Å². The molecule has 6 heteroatoms. The molecule has 1 aromatic heterocycles. The molecule has 6 nitrogen and oxygen atoms in total. The van der Waals surface area contributed by atoms with Crippen molar-refractivity contribution in [2.75, 3.05) is 13.6 Å². The highest BCUT2D eigenvalue weighted by Crippen LogP contribution is 2.02. The number of hydrogen-bond donors (Lipinski definition) is 2.